The van der Waals surface area contributed by atoms with Gasteiger partial charge in [0, 0.05) is 18.2 Å². The van der Waals surface area contributed by atoms with Gasteiger partial charge in [-0.05, 0) is 38.1 Å². The molecule has 1 aliphatic rings. The van der Waals surface area contributed by atoms with E-state index in [2.05, 4.69) is 0 Å². The van der Waals surface area contributed by atoms with Gasteiger partial charge in [0.15, 0.2) is 0 Å². The van der Waals surface area contributed by atoms with Crippen molar-refractivity contribution in [2.45, 2.75) is 19.4 Å². The average Bonchev–Trinajstić information content (AvgIpc) is 2.81. The molecule has 0 aromatic heterocycles. The van der Waals surface area contributed by atoms with Crippen LogP contribution >= 0.6 is 0 Å². The summed E-state index contributed by atoms with van der Waals surface area (Å²) in [7, 11) is 0. The van der Waals surface area contributed by atoms with Gasteiger partial charge in [0.25, 0.3) is 0 Å². The topological polar surface area (TPSA) is 40.5 Å². The van der Waals surface area contributed by atoms with Gasteiger partial charge in [0.2, 0.25) is 0 Å². The van der Waals surface area contributed by atoms with E-state index in [9.17, 15) is 13.6 Å². The van der Waals surface area contributed by atoms with Crippen molar-refractivity contribution in [3.05, 3.63) is 35.4 Å². The van der Waals surface area contributed by atoms with Gasteiger partial charge in [0.05, 0.1) is 5.92 Å². The van der Waals surface area contributed by atoms with E-state index in [0.29, 0.717) is 19.5 Å². The zero-order chi connectivity index (χ0) is 13.3. The van der Waals surface area contributed by atoms with Crippen LogP contribution in [0.2, 0.25) is 0 Å². The van der Waals surface area contributed by atoms with Crippen LogP contribution in [0.4, 0.5) is 8.78 Å². The van der Waals surface area contributed by atoms with E-state index in [1.165, 1.54) is 6.07 Å². The molecule has 0 bridgehead atoms. The van der Waals surface area contributed by atoms with Crippen molar-refractivity contribution in [2.75, 3.05) is 13.1 Å². The lowest BCUT2D eigenvalue weighted by molar-refractivity contribution is -0.141. The zero-order valence-electron chi connectivity index (χ0n) is 10.1. The molecule has 1 N–H and O–H groups in total. The van der Waals surface area contributed by atoms with Crippen LogP contribution in [0, 0.1) is 17.6 Å². The lowest BCUT2D eigenvalue weighted by atomic mass is 10.1. The van der Waals surface area contributed by atoms with E-state index in [4.69, 9.17) is 5.11 Å². The SMILES string of the molecule is C[C@H](c1cc(F)ccc1F)N1CC[C@@H](C(=O)O)C1. The second-order valence-corrected chi connectivity index (χ2v) is 4.66. The van der Waals surface area contributed by atoms with E-state index in [-0.39, 0.29) is 11.6 Å². The largest absolute Gasteiger partial charge is 0.481 e. The van der Waals surface area contributed by atoms with Crippen molar-refractivity contribution in [3.63, 3.8) is 0 Å². The summed E-state index contributed by atoms with van der Waals surface area (Å²) < 4.78 is 26.7. The Kier molecular flexibility index (Phi) is 3.61. The molecule has 1 heterocycles. The van der Waals surface area contributed by atoms with Gasteiger partial charge in [-0.1, -0.05) is 0 Å². The predicted octanol–water partition coefficient (Wildman–Crippen LogP) is 2.43. The van der Waals surface area contributed by atoms with Gasteiger partial charge in [0.1, 0.15) is 11.6 Å². The number of nitrogens with zero attached hydrogens (tertiary/aromatic N) is 1. The van der Waals surface area contributed by atoms with Crippen LogP contribution in [-0.4, -0.2) is 29.1 Å². The summed E-state index contributed by atoms with van der Waals surface area (Å²) >= 11 is 0. The van der Waals surface area contributed by atoms with E-state index >= 15 is 0 Å². The second-order valence-electron chi connectivity index (χ2n) is 4.66. The maximum absolute atomic E-state index is 13.6. The van der Waals surface area contributed by atoms with Gasteiger partial charge in [-0.15, -0.1) is 0 Å². The van der Waals surface area contributed by atoms with Crippen molar-refractivity contribution in [1.29, 1.82) is 0 Å². The Labute approximate surface area is 104 Å². The third-order valence-electron chi connectivity index (χ3n) is 3.52. The molecule has 1 saturated heterocycles. The standard InChI is InChI=1S/C13H15F2NO2/c1-8(11-6-10(14)2-3-12(11)15)16-5-4-9(7-16)13(17)18/h2-3,6,8-9H,4-5,7H2,1H3,(H,17,18)/t8-,9-/m1/s1. The maximum atomic E-state index is 13.6. The number of aliphatic carboxylic acids is 1. The van der Waals surface area contributed by atoms with E-state index in [0.717, 1.165) is 12.1 Å². The predicted molar refractivity (Wildman–Crippen MR) is 62.1 cm³/mol. The highest BCUT2D eigenvalue weighted by molar-refractivity contribution is 5.70. The van der Waals surface area contributed by atoms with Crippen LogP contribution in [0.25, 0.3) is 0 Å². The number of benzene rings is 1. The number of carboxylic acid groups (broad SMARTS) is 1. The summed E-state index contributed by atoms with van der Waals surface area (Å²) in [6.07, 6.45) is 0.552. The van der Waals surface area contributed by atoms with Crippen LogP contribution in [0.5, 0.6) is 0 Å². The monoisotopic (exact) mass is 255 g/mol. The fraction of sp³-hybridized carbons (Fsp3) is 0.462. The van der Waals surface area contributed by atoms with Gasteiger partial charge >= 0.3 is 5.97 Å². The van der Waals surface area contributed by atoms with E-state index in [1.54, 1.807) is 6.92 Å². The highest BCUT2D eigenvalue weighted by Gasteiger charge is 2.31. The molecule has 0 aliphatic carbocycles. The third kappa shape index (κ3) is 2.51. The van der Waals surface area contributed by atoms with Crippen LogP contribution in [-0.2, 0) is 4.79 Å². The van der Waals surface area contributed by atoms with Crippen molar-refractivity contribution < 1.29 is 18.7 Å². The molecule has 0 radical (unpaired) electrons. The number of carboxylic acids is 1. The molecular formula is C13H15F2NO2. The summed E-state index contributed by atoms with van der Waals surface area (Å²) in [6, 6.07) is 3.04. The minimum Gasteiger partial charge on any atom is -0.481 e. The minimum atomic E-state index is -0.829. The van der Waals surface area contributed by atoms with E-state index < -0.39 is 23.5 Å². The van der Waals surface area contributed by atoms with Gasteiger partial charge in [-0.2, -0.15) is 0 Å². The first-order chi connectivity index (χ1) is 8.49. The number of likely N-dealkylation sites (tertiary alicyclic amines) is 1. The van der Waals surface area contributed by atoms with Gasteiger partial charge < -0.3 is 5.11 Å². The molecule has 1 aromatic carbocycles. The summed E-state index contributed by atoms with van der Waals surface area (Å²) in [6.45, 7) is 2.74. The smallest absolute Gasteiger partial charge is 0.307 e. The Bertz CT molecular complexity index is 464. The number of hydrogen-bond donors (Lipinski definition) is 1. The summed E-state index contributed by atoms with van der Waals surface area (Å²) in [4.78, 5) is 12.7. The Morgan fingerprint density at radius 2 is 2.22 bits per heavy atom. The quantitative estimate of drug-likeness (QED) is 0.901. The molecule has 1 aromatic rings. The van der Waals surface area contributed by atoms with Crippen LogP contribution < -0.4 is 0 Å². The lowest BCUT2D eigenvalue weighted by Gasteiger charge is -2.24. The second kappa shape index (κ2) is 5.02. The normalized spacial score (nSPS) is 22.1. The lowest BCUT2D eigenvalue weighted by Crippen LogP contribution is -2.27. The number of carbonyl (C=O) groups is 1. The minimum absolute atomic E-state index is 0.279. The Hall–Kier alpha value is -1.49. The molecule has 18 heavy (non-hydrogen) atoms. The Morgan fingerprint density at radius 1 is 1.50 bits per heavy atom. The summed E-state index contributed by atoms with van der Waals surface area (Å²) in [5.41, 5.74) is 0.279. The van der Waals surface area contributed by atoms with Crippen LogP contribution in [0.3, 0.4) is 0 Å². The highest BCUT2D eigenvalue weighted by Crippen LogP contribution is 2.29. The van der Waals surface area contributed by atoms with Crippen molar-refractivity contribution in [3.8, 4) is 0 Å². The highest BCUT2D eigenvalue weighted by atomic mass is 19.1. The molecule has 0 saturated carbocycles. The van der Waals surface area contributed by atoms with Crippen LogP contribution in [0.1, 0.15) is 24.9 Å². The van der Waals surface area contributed by atoms with Crippen LogP contribution in [0.15, 0.2) is 18.2 Å². The molecule has 0 spiro atoms. The molecule has 1 aliphatic heterocycles. The molecule has 0 unspecified atom stereocenters. The Morgan fingerprint density at radius 3 is 2.83 bits per heavy atom. The van der Waals surface area contributed by atoms with Crippen molar-refractivity contribution in [2.24, 2.45) is 5.92 Å². The average molecular weight is 255 g/mol. The molecule has 5 heteroatoms. The molecule has 3 nitrogen and oxygen atoms in total. The fourth-order valence-corrected chi connectivity index (χ4v) is 2.37. The van der Waals surface area contributed by atoms with Gasteiger partial charge in [-0.3, -0.25) is 9.69 Å². The summed E-state index contributed by atoms with van der Waals surface area (Å²) in [5.74, 6) is -2.18. The number of rotatable bonds is 3. The molecule has 98 valence electrons. The maximum Gasteiger partial charge on any atom is 0.307 e. The molecular weight excluding hydrogens is 240 g/mol. The number of hydrogen-bond acceptors (Lipinski definition) is 2. The van der Waals surface area contributed by atoms with Crippen molar-refractivity contribution in [1.82, 2.24) is 4.90 Å². The Balaban J connectivity index is 2.15. The first-order valence-corrected chi connectivity index (χ1v) is 5.91. The van der Waals surface area contributed by atoms with Crippen molar-refractivity contribution >= 4 is 5.97 Å². The van der Waals surface area contributed by atoms with E-state index in [1.807, 2.05) is 4.90 Å². The first-order valence-electron chi connectivity index (χ1n) is 5.91. The van der Waals surface area contributed by atoms with Gasteiger partial charge in [-0.25, -0.2) is 8.78 Å². The molecule has 2 rings (SSSR count). The summed E-state index contributed by atoms with van der Waals surface area (Å²) in [5, 5.41) is 8.92. The zero-order valence-corrected chi connectivity index (χ0v) is 10.1. The third-order valence-corrected chi connectivity index (χ3v) is 3.52. The molecule has 0 amide bonds. The first kappa shape index (κ1) is 13.0. The molecule has 1 fully saturated rings. The fourth-order valence-electron chi connectivity index (χ4n) is 2.37. The number of halogens is 2. The molecule has 2 atom stereocenters.